The average Bonchev–Trinajstić information content (AvgIpc) is 3.10. The number of furan rings is 1. The topological polar surface area (TPSA) is 81.4 Å². The number of aromatic nitrogens is 1. The fourth-order valence-electron chi connectivity index (χ4n) is 3.24. The maximum atomic E-state index is 13.0. The van der Waals surface area contributed by atoms with Crippen molar-refractivity contribution >= 4 is 45.4 Å². The minimum Gasteiger partial charge on any atom is -0.468 e. The van der Waals surface area contributed by atoms with Gasteiger partial charge < -0.3 is 9.15 Å². The highest BCUT2D eigenvalue weighted by atomic mass is 32.2. The first-order valence-corrected chi connectivity index (χ1v) is 12.1. The Labute approximate surface area is 193 Å². The molecule has 0 saturated heterocycles. The predicted molar refractivity (Wildman–Crippen MR) is 128 cm³/mol. The van der Waals surface area contributed by atoms with Gasteiger partial charge in [-0.25, -0.2) is 9.19 Å². The molecule has 2 aromatic heterocycles. The number of fused-ring (bicyclic) bond motifs is 1. The summed E-state index contributed by atoms with van der Waals surface area (Å²) in [6, 6.07) is 11.2. The van der Waals surface area contributed by atoms with Crippen LogP contribution in [0.1, 0.15) is 5.56 Å². The van der Waals surface area contributed by atoms with Crippen molar-refractivity contribution in [2.75, 3.05) is 17.6 Å². The molecule has 0 saturated carbocycles. The van der Waals surface area contributed by atoms with Crippen molar-refractivity contribution in [1.82, 2.24) is 4.98 Å². The Morgan fingerprint density at radius 1 is 1.25 bits per heavy atom. The standard InChI is InChI=1S/C24H22N2O4S2/c1-16-12-20(26-32(28)22-13-17-8-6-7-11-21(17)30-22)23(25-14-16)31-15-18-9-4-3-5-10-19(18)24(27)29-2/h3-14,19,26H,15H2,1-2H3. The van der Waals surface area contributed by atoms with Gasteiger partial charge in [-0.15, -0.1) is 0 Å². The molecule has 2 unspecified atom stereocenters. The summed E-state index contributed by atoms with van der Waals surface area (Å²) in [5, 5.41) is 1.92. The van der Waals surface area contributed by atoms with Gasteiger partial charge in [-0.3, -0.25) is 9.52 Å². The van der Waals surface area contributed by atoms with Crippen LogP contribution in [-0.4, -0.2) is 28.0 Å². The van der Waals surface area contributed by atoms with Crippen molar-refractivity contribution in [3.8, 4) is 0 Å². The fourth-order valence-corrected chi connectivity index (χ4v) is 5.13. The van der Waals surface area contributed by atoms with Crippen molar-refractivity contribution in [3.63, 3.8) is 0 Å². The number of methoxy groups -OCH3 is 1. The van der Waals surface area contributed by atoms with E-state index in [2.05, 4.69) is 9.71 Å². The molecule has 3 aromatic rings. The third-order valence-electron chi connectivity index (χ3n) is 4.84. The number of hydrogen-bond donors (Lipinski definition) is 1. The summed E-state index contributed by atoms with van der Waals surface area (Å²) >= 11 is 1.46. The van der Waals surface area contributed by atoms with Crippen LogP contribution < -0.4 is 4.72 Å². The second-order valence-electron chi connectivity index (χ2n) is 7.14. The number of esters is 1. The molecule has 0 bridgehead atoms. The van der Waals surface area contributed by atoms with Gasteiger partial charge in [0.1, 0.15) is 10.6 Å². The summed E-state index contributed by atoms with van der Waals surface area (Å²) in [4.78, 5) is 16.7. The third-order valence-corrected chi connectivity index (χ3v) is 6.89. The molecule has 8 heteroatoms. The zero-order valence-corrected chi connectivity index (χ0v) is 19.2. The summed E-state index contributed by atoms with van der Waals surface area (Å²) in [6.07, 6.45) is 11.1. The normalized spacial score (nSPS) is 16.4. The van der Waals surface area contributed by atoms with Crippen LogP contribution in [0, 0.1) is 12.8 Å². The Morgan fingerprint density at radius 2 is 2.09 bits per heavy atom. The quantitative estimate of drug-likeness (QED) is 0.381. The number of ether oxygens (including phenoxy) is 1. The lowest BCUT2D eigenvalue weighted by atomic mass is 10.0. The van der Waals surface area contributed by atoms with Gasteiger partial charge in [-0.1, -0.05) is 60.3 Å². The van der Waals surface area contributed by atoms with E-state index in [4.69, 9.17) is 9.15 Å². The van der Waals surface area contributed by atoms with Crippen molar-refractivity contribution in [2.45, 2.75) is 17.0 Å². The van der Waals surface area contributed by atoms with E-state index in [9.17, 15) is 9.00 Å². The molecule has 1 aliphatic carbocycles. The Kier molecular flexibility index (Phi) is 6.92. The molecule has 0 amide bonds. The Balaban J connectivity index is 1.53. The maximum Gasteiger partial charge on any atom is 0.316 e. The number of hydrogen-bond acceptors (Lipinski definition) is 6. The molecule has 164 valence electrons. The Morgan fingerprint density at radius 3 is 2.91 bits per heavy atom. The molecule has 0 radical (unpaired) electrons. The van der Waals surface area contributed by atoms with E-state index >= 15 is 0 Å². The predicted octanol–water partition coefficient (Wildman–Crippen LogP) is 5.20. The lowest BCUT2D eigenvalue weighted by molar-refractivity contribution is -0.142. The van der Waals surface area contributed by atoms with Crippen molar-refractivity contribution in [1.29, 1.82) is 0 Å². The Bertz CT molecular complexity index is 1230. The highest BCUT2D eigenvalue weighted by molar-refractivity contribution is 7.99. The number of allylic oxidation sites excluding steroid dienone is 4. The van der Waals surface area contributed by atoms with Crippen LogP contribution >= 0.6 is 11.8 Å². The van der Waals surface area contributed by atoms with Crippen LogP contribution in [0.4, 0.5) is 5.69 Å². The smallest absolute Gasteiger partial charge is 0.316 e. The molecular weight excluding hydrogens is 444 g/mol. The van der Waals surface area contributed by atoms with E-state index in [1.807, 2.05) is 67.6 Å². The number of carbonyl (C=O) groups is 1. The molecule has 1 aromatic carbocycles. The van der Waals surface area contributed by atoms with Crippen LogP contribution in [0.25, 0.3) is 11.0 Å². The van der Waals surface area contributed by atoms with Gasteiger partial charge in [0, 0.05) is 23.4 Å². The molecule has 32 heavy (non-hydrogen) atoms. The van der Waals surface area contributed by atoms with E-state index in [0.717, 1.165) is 16.5 Å². The molecule has 1 aliphatic rings. The molecule has 0 spiro atoms. The minimum atomic E-state index is -1.59. The number of benzene rings is 1. The molecule has 1 N–H and O–H groups in total. The van der Waals surface area contributed by atoms with Gasteiger partial charge in [0.05, 0.1) is 18.7 Å². The molecule has 2 heterocycles. The highest BCUT2D eigenvalue weighted by Crippen LogP contribution is 2.32. The largest absolute Gasteiger partial charge is 0.468 e. The number of nitrogens with zero attached hydrogens (tertiary/aromatic N) is 1. The first-order valence-electron chi connectivity index (χ1n) is 9.93. The lowest BCUT2D eigenvalue weighted by Gasteiger charge is -2.15. The summed E-state index contributed by atoms with van der Waals surface area (Å²) in [7, 11) is -0.208. The van der Waals surface area contributed by atoms with Crippen LogP contribution in [0.2, 0.25) is 0 Å². The number of aryl methyl sites for hydroxylation is 1. The van der Waals surface area contributed by atoms with Gasteiger partial charge >= 0.3 is 5.97 Å². The van der Waals surface area contributed by atoms with E-state index < -0.39 is 16.9 Å². The van der Waals surface area contributed by atoms with Gasteiger partial charge in [0.15, 0.2) is 11.0 Å². The minimum absolute atomic E-state index is 0.307. The van der Waals surface area contributed by atoms with Crippen LogP contribution in [0.15, 0.2) is 93.1 Å². The molecular formula is C24H22N2O4S2. The fraction of sp³-hybridized carbons (Fsp3) is 0.167. The molecule has 2 atom stereocenters. The molecule has 4 rings (SSSR count). The SMILES string of the molecule is COC(=O)C1C=CC=CC=C1CSc1ncc(C)cc1NS(=O)c1cc2ccccc2o1. The third kappa shape index (κ3) is 5.03. The maximum absolute atomic E-state index is 13.0. The van der Waals surface area contributed by atoms with Crippen molar-refractivity contribution in [3.05, 3.63) is 84.1 Å². The molecule has 6 nitrogen and oxygen atoms in total. The van der Waals surface area contributed by atoms with Crippen LogP contribution in [-0.2, 0) is 20.5 Å². The van der Waals surface area contributed by atoms with Gasteiger partial charge in [-0.2, -0.15) is 0 Å². The number of pyridine rings is 1. The lowest BCUT2D eigenvalue weighted by Crippen LogP contribution is -2.17. The van der Waals surface area contributed by atoms with Crippen molar-refractivity contribution in [2.24, 2.45) is 5.92 Å². The van der Waals surface area contributed by atoms with E-state index in [0.29, 0.717) is 27.1 Å². The number of nitrogens with one attached hydrogen (secondary N) is 1. The number of para-hydroxylation sites is 1. The monoisotopic (exact) mass is 466 g/mol. The number of rotatable bonds is 7. The zero-order chi connectivity index (χ0) is 22.5. The number of anilines is 1. The Hall–Kier alpha value is -3.10. The van der Waals surface area contributed by atoms with E-state index in [1.54, 1.807) is 12.3 Å². The van der Waals surface area contributed by atoms with Crippen molar-refractivity contribution < 1.29 is 18.2 Å². The van der Waals surface area contributed by atoms with Crippen LogP contribution in [0.5, 0.6) is 0 Å². The first kappa shape index (κ1) is 22.1. The second-order valence-corrected chi connectivity index (χ2v) is 9.25. The van der Waals surface area contributed by atoms with Gasteiger partial charge in [0.25, 0.3) is 0 Å². The zero-order valence-electron chi connectivity index (χ0n) is 17.6. The van der Waals surface area contributed by atoms with Crippen LogP contribution in [0.3, 0.4) is 0 Å². The van der Waals surface area contributed by atoms with Gasteiger partial charge in [0.2, 0.25) is 5.09 Å². The molecule has 0 aliphatic heterocycles. The summed E-state index contributed by atoms with van der Waals surface area (Å²) in [6.45, 7) is 1.92. The summed E-state index contributed by atoms with van der Waals surface area (Å²) in [5.41, 5.74) is 3.16. The summed E-state index contributed by atoms with van der Waals surface area (Å²) < 4.78 is 26.7. The highest BCUT2D eigenvalue weighted by Gasteiger charge is 2.22. The average molecular weight is 467 g/mol. The number of carbonyl (C=O) groups excluding carboxylic acids is 1. The van der Waals surface area contributed by atoms with E-state index in [-0.39, 0.29) is 5.97 Å². The van der Waals surface area contributed by atoms with Gasteiger partial charge in [-0.05, 0) is 30.2 Å². The number of thioether (sulfide) groups is 1. The van der Waals surface area contributed by atoms with E-state index in [1.165, 1.54) is 18.9 Å². The second kappa shape index (κ2) is 10.0. The molecule has 0 fully saturated rings. The summed E-state index contributed by atoms with van der Waals surface area (Å²) in [5.74, 6) is -0.233. The first-order chi connectivity index (χ1) is 15.5.